The molecule has 0 saturated heterocycles. The van der Waals surface area contributed by atoms with E-state index in [0.717, 1.165) is 6.42 Å². The summed E-state index contributed by atoms with van der Waals surface area (Å²) in [6.45, 7) is 7.20. The van der Waals surface area contributed by atoms with Crippen molar-refractivity contribution in [3.63, 3.8) is 0 Å². The van der Waals surface area contributed by atoms with Crippen LogP contribution < -0.4 is 10.1 Å². The Kier molecular flexibility index (Phi) is 6.53. The Hall–Kier alpha value is -1.95. The van der Waals surface area contributed by atoms with Gasteiger partial charge in [-0.2, -0.15) is 0 Å². The Labute approximate surface area is 155 Å². The molecule has 134 valence electrons. The summed E-state index contributed by atoms with van der Waals surface area (Å²) < 4.78 is 19.5. The number of carbonyl (C=O) groups is 1. The second-order valence-corrected chi connectivity index (χ2v) is 7.93. The number of hydrogen-bond acceptors (Lipinski definition) is 3. The lowest BCUT2D eigenvalue weighted by Crippen LogP contribution is -2.27. The minimum Gasteiger partial charge on any atom is -0.473 e. The van der Waals surface area contributed by atoms with Crippen LogP contribution in [0.1, 0.15) is 43.1 Å². The van der Waals surface area contributed by atoms with E-state index in [2.05, 4.69) is 47.0 Å². The van der Waals surface area contributed by atoms with E-state index in [1.807, 2.05) is 0 Å². The number of carbonyl (C=O) groups excluding carboxylic acids is 1. The first-order valence-corrected chi connectivity index (χ1v) is 8.84. The average Bonchev–Trinajstić information content (AvgIpc) is 2.51. The predicted molar refractivity (Wildman–Crippen MR) is 99.1 cm³/mol. The van der Waals surface area contributed by atoms with Gasteiger partial charge in [0.05, 0.1) is 5.56 Å². The third-order valence-electron chi connectivity index (χ3n) is 3.47. The molecule has 0 spiro atoms. The predicted octanol–water partition coefficient (Wildman–Crippen LogP) is 4.73. The number of rotatable bonds is 6. The van der Waals surface area contributed by atoms with Gasteiger partial charge in [0.15, 0.2) is 0 Å². The normalized spacial score (nSPS) is 11.2. The third-order valence-corrected chi connectivity index (χ3v) is 3.93. The highest BCUT2D eigenvalue weighted by Crippen LogP contribution is 2.18. The van der Waals surface area contributed by atoms with E-state index in [0.29, 0.717) is 28.0 Å². The Morgan fingerprint density at radius 3 is 2.64 bits per heavy atom. The molecule has 2 aromatic rings. The molecule has 25 heavy (non-hydrogen) atoms. The highest BCUT2D eigenvalue weighted by Gasteiger charge is 2.12. The fourth-order valence-corrected chi connectivity index (χ4v) is 2.62. The van der Waals surface area contributed by atoms with E-state index in [1.54, 1.807) is 18.2 Å². The highest BCUT2D eigenvalue weighted by atomic mass is 79.9. The number of pyridine rings is 1. The van der Waals surface area contributed by atoms with Gasteiger partial charge in [0.25, 0.3) is 5.91 Å². The molecule has 0 aliphatic carbocycles. The zero-order valence-electron chi connectivity index (χ0n) is 14.6. The molecule has 1 aromatic heterocycles. The Bertz CT molecular complexity index is 707. The monoisotopic (exact) mass is 408 g/mol. The molecular weight excluding hydrogens is 387 g/mol. The largest absolute Gasteiger partial charge is 0.473 e. The van der Waals surface area contributed by atoms with Crippen molar-refractivity contribution >= 4 is 21.8 Å². The van der Waals surface area contributed by atoms with E-state index in [1.165, 1.54) is 18.3 Å². The van der Waals surface area contributed by atoms with E-state index < -0.39 is 0 Å². The van der Waals surface area contributed by atoms with Gasteiger partial charge in [0, 0.05) is 23.3 Å². The fourth-order valence-electron chi connectivity index (χ4n) is 2.10. The third kappa shape index (κ3) is 6.82. The highest BCUT2D eigenvalue weighted by molar-refractivity contribution is 9.10. The zero-order chi connectivity index (χ0) is 18.4. The fraction of sp³-hybridized carbons (Fsp3) is 0.368. The van der Waals surface area contributed by atoms with Gasteiger partial charge in [-0.05, 0) is 41.7 Å². The van der Waals surface area contributed by atoms with Crippen LogP contribution in [-0.2, 0) is 6.61 Å². The Morgan fingerprint density at radius 1 is 1.28 bits per heavy atom. The molecule has 1 heterocycles. The summed E-state index contributed by atoms with van der Waals surface area (Å²) in [7, 11) is 0. The maximum absolute atomic E-state index is 13.3. The van der Waals surface area contributed by atoms with Crippen LogP contribution in [-0.4, -0.2) is 17.4 Å². The Morgan fingerprint density at radius 2 is 2.04 bits per heavy atom. The molecule has 1 amide bonds. The van der Waals surface area contributed by atoms with E-state index in [4.69, 9.17) is 4.74 Å². The van der Waals surface area contributed by atoms with Crippen molar-refractivity contribution in [1.82, 2.24) is 10.3 Å². The average molecular weight is 409 g/mol. The number of nitrogens with one attached hydrogen (secondary N) is 1. The number of ether oxygens (including phenoxy) is 1. The summed E-state index contributed by atoms with van der Waals surface area (Å²) in [4.78, 5) is 16.2. The standard InChI is InChI=1S/C19H22BrFN2O2/c1-19(2,3)6-7-22-18(24)14-4-5-17(23-11-14)25-12-13-8-15(20)10-16(21)9-13/h4-5,8-11H,6-7,12H2,1-3H3,(H,22,24). The molecule has 0 fully saturated rings. The van der Waals surface area contributed by atoms with Gasteiger partial charge in [0.1, 0.15) is 12.4 Å². The molecule has 0 radical (unpaired) electrons. The summed E-state index contributed by atoms with van der Waals surface area (Å²) in [5, 5.41) is 2.88. The summed E-state index contributed by atoms with van der Waals surface area (Å²) in [5.41, 5.74) is 1.35. The van der Waals surface area contributed by atoms with E-state index in [-0.39, 0.29) is 23.7 Å². The number of amides is 1. The maximum atomic E-state index is 13.3. The van der Waals surface area contributed by atoms with Gasteiger partial charge in [-0.1, -0.05) is 36.7 Å². The van der Waals surface area contributed by atoms with Crippen molar-refractivity contribution in [2.75, 3.05) is 6.54 Å². The number of aromatic nitrogens is 1. The molecule has 0 bridgehead atoms. The lowest BCUT2D eigenvalue weighted by Gasteiger charge is -2.18. The van der Waals surface area contributed by atoms with Crippen LogP contribution in [0.25, 0.3) is 0 Å². The SMILES string of the molecule is CC(C)(C)CCNC(=O)c1ccc(OCc2cc(F)cc(Br)c2)nc1. The van der Waals surface area contributed by atoms with E-state index >= 15 is 0 Å². The quantitative estimate of drug-likeness (QED) is 0.751. The van der Waals surface area contributed by atoms with Crippen LogP contribution >= 0.6 is 15.9 Å². The smallest absolute Gasteiger partial charge is 0.252 e. The van der Waals surface area contributed by atoms with Crippen molar-refractivity contribution in [1.29, 1.82) is 0 Å². The lowest BCUT2D eigenvalue weighted by atomic mass is 9.92. The van der Waals surface area contributed by atoms with E-state index in [9.17, 15) is 9.18 Å². The number of halogens is 2. The second-order valence-electron chi connectivity index (χ2n) is 7.02. The van der Waals surface area contributed by atoms with Crippen LogP contribution in [0.2, 0.25) is 0 Å². The maximum Gasteiger partial charge on any atom is 0.252 e. The molecule has 0 aliphatic rings. The summed E-state index contributed by atoms with van der Waals surface area (Å²) in [6, 6.07) is 7.86. The molecule has 0 unspecified atom stereocenters. The van der Waals surface area contributed by atoms with Gasteiger partial charge in [0.2, 0.25) is 5.88 Å². The van der Waals surface area contributed by atoms with Crippen LogP contribution in [0, 0.1) is 11.2 Å². The molecule has 2 rings (SSSR count). The minimum absolute atomic E-state index is 0.155. The van der Waals surface area contributed by atoms with Crippen molar-refractivity contribution in [3.8, 4) is 5.88 Å². The first-order chi connectivity index (χ1) is 11.7. The van der Waals surface area contributed by atoms with Crippen molar-refractivity contribution in [2.24, 2.45) is 5.41 Å². The first kappa shape index (κ1) is 19.4. The summed E-state index contributed by atoms with van der Waals surface area (Å²) in [6.07, 6.45) is 2.37. The molecule has 6 heteroatoms. The second kappa shape index (κ2) is 8.43. The van der Waals surface area contributed by atoms with Crippen molar-refractivity contribution in [3.05, 3.63) is 57.9 Å². The van der Waals surface area contributed by atoms with Crippen molar-refractivity contribution in [2.45, 2.75) is 33.8 Å². The molecule has 0 atom stereocenters. The van der Waals surface area contributed by atoms with Gasteiger partial charge in [-0.3, -0.25) is 4.79 Å². The van der Waals surface area contributed by atoms with Gasteiger partial charge < -0.3 is 10.1 Å². The topological polar surface area (TPSA) is 51.2 Å². The van der Waals surface area contributed by atoms with Gasteiger partial charge in [-0.25, -0.2) is 9.37 Å². The molecule has 4 nitrogen and oxygen atoms in total. The van der Waals surface area contributed by atoms with Gasteiger partial charge in [-0.15, -0.1) is 0 Å². The number of nitrogens with zero attached hydrogens (tertiary/aromatic N) is 1. The minimum atomic E-state index is -0.330. The van der Waals surface area contributed by atoms with Crippen LogP contribution in [0.15, 0.2) is 41.0 Å². The van der Waals surface area contributed by atoms with Crippen LogP contribution in [0.5, 0.6) is 5.88 Å². The molecular formula is C19H22BrFN2O2. The van der Waals surface area contributed by atoms with Crippen LogP contribution in [0.4, 0.5) is 4.39 Å². The molecule has 0 saturated carbocycles. The molecule has 1 aromatic carbocycles. The lowest BCUT2D eigenvalue weighted by molar-refractivity contribution is 0.0949. The first-order valence-electron chi connectivity index (χ1n) is 8.05. The van der Waals surface area contributed by atoms with Crippen LogP contribution in [0.3, 0.4) is 0 Å². The number of hydrogen-bond donors (Lipinski definition) is 1. The summed E-state index contributed by atoms with van der Waals surface area (Å²) in [5.74, 6) is -0.104. The summed E-state index contributed by atoms with van der Waals surface area (Å²) >= 11 is 3.24. The van der Waals surface area contributed by atoms with Crippen molar-refractivity contribution < 1.29 is 13.9 Å². The van der Waals surface area contributed by atoms with Gasteiger partial charge >= 0.3 is 0 Å². The zero-order valence-corrected chi connectivity index (χ0v) is 16.2. The molecule has 0 aliphatic heterocycles. The number of benzene rings is 1. The molecule has 1 N–H and O–H groups in total. The Balaban J connectivity index is 1.87.